The molecule has 4 nitrogen and oxygen atoms in total. The fraction of sp³-hybridized carbons (Fsp3) is 0.267. The van der Waals surface area contributed by atoms with Crippen molar-refractivity contribution < 1.29 is 9.84 Å². The number of methoxy groups -OCH3 is 1. The molecule has 0 aliphatic heterocycles. The molecule has 4 heteroatoms. The summed E-state index contributed by atoms with van der Waals surface area (Å²) in [4.78, 5) is 4.03. The number of aryl methyl sites for hydroxylation is 1. The number of ether oxygens (including phenoxy) is 1. The van der Waals surface area contributed by atoms with Gasteiger partial charge in [-0.3, -0.25) is 4.98 Å². The lowest BCUT2D eigenvalue weighted by molar-refractivity contribution is 0.174. The van der Waals surface area contributed by atoms with Gasteiger partial charge in [-0.25, -0.2) is 0 Å². The number of pyridine rings is 1. The molecule has 2 rings (SSSR count). The van der Waals surface area contributed by atoms with E-state index in [1.54, 1.807) is 25.6 Å². The summed E-state index contributed by atoms with van der Waals surface area (Å²) in [6.07, 6.45) is 3.07. The van der Waals surface area contributed by atoms with Crippen LogP contribution in [0.25, 0.3) is 0 Å². The van der Waals surface area contributed by atoms with E-state index in [4.69, 9.17) is 10.5 Å². The van der Waals surface area contributed by atoms with Crippen molar-refractivity contribution >= 4 is 5.69 Å². The van der Waals surface area contributed by atoms with Crippen molar-refractivity contribution in [3.63, 3.8) is 0 Å². The molecule has 3 N–H and O–H groups in total. The third-order valence-electron chi connectivity index (χ3n) is 3.10. The molecule has 1 unspecified atom stereocenters. The quantitative estimate of drug-likeness (QED) is 0.882. The maximum Gasteiger partial charge on any atom is 0.124 e. The zero-order chi connectivity index (χ0) is 13.8. The molecule has 0 amide bonds. The van der Waals surface area contributed by atoms with Crippen molar-refractivity contribution in [3.8, 4) is 5.75 Å². The maximum absolute atomic E-state index is 10.3. The molecule has 1 atom stereocenters. The Morgan fingerprint density at radius 2 is 2.16 bits per heavy atom. The van der Waals surface area contributed by atoms with Gasteiger partial charge in [-0.05, 0) is 30.2 Å². The second-order valence-corrected chi connectivity index (χ2v) is 4.54. The minimum atomic E-state index is -0.665. The third-order valence-corrected chi connectivity index (χ3v) is 3.10. The Morgan fingerprint density at radius 3 is 2.84 bits per heavy atom. The molecular weight excluding hydrogens is 240 g/mol. The molecule has 19 heavy (non-hydrogen) atoms. The lowest BCUT2D eigenvalue weighted by Crippen LogP contribution is -2.06. The van der Waals surface area contributed by atoms with Gasteiger partial charge in [-0.2, -0.15) is 0 Å². The summed E-state index contributed by atoms with van der Waals surface area (Å²) in [5, 5.41) is 10.3. The van der Waals surface area contributed by atoms with E-state index >= 15 is 0 Å². The van der Waals surface area contributed by atoms with Gasteiger partial charge in [-0.1, -0.05) is 12.1 Å². The Labute approximate surface area is 112 Å². The zero-order valence-corrected chi connectivity index (χ0v) is 11.1. The van der Waals surface area contributed by atoms with Crippen LogP contribution in [0.5, 0.6) is 5.75 Å². The zero-order valence-electron chi connectivity index (χ0n) is 11.1. The van der Waals surface area contributed by atoms with Crippen molar-refractivity contribution in [1.82, 2.24) is 4.98 Å². The SMILES string of the molecule is COc1cc(C)ccc1C(O)Cc1cnccc1N. The third kappa shape index (κ3) is 3.03. The lowest BCUT2D eigenvalue weighted by atomic mass is 9.99. The van der Waals surface area contributed by atoms with Crippen molar-refractivity contribution in [3.05, 3.63) is 53.3 Å². The van der Waals surface area contributed by atoms with Crippen molar-refractivity contribution in [1.29, 1.82) is 0 Å². The Hall–Kier alpha value is -2.07. The molecular formula is C15H18N2O2. The van der Waals surface area contributed by atoms with Gasteiger partial charge in [0.25, 0.3) is 0 Å². The first-order valence-electron chi connectivity index (χ1n) is 6.12. The first kappa shape index (κ1) is 13.4. The molecule has 0 saturated carbocycles. The van der Waals surface area contributed by atoms with Crippen LogP contribution in [0.15, 0.2) is 36.7 Å². The summed E-state index contributed by atoms with van der Waals surface area (Å²) in [5.74, 6) is 0.690. The van der Waals surface area contributed by atoms with Crippen LogP contribution in [-0.4, -0.2) is 17.2 Å². The molecule has 0 fully saturated rings. The van der Waals surface area contributed by atoms with E-state index in [9.17, 15) is 5.11 Å². The highest BCUT2D eigenvalue weighted by atomic mass is 16.5. The average molecular weight is 258 g/mol. The van der Waals surface area contributed by atoms with Crippen LogP contribution in [0.2, 0.25) is 0 Å². The van der Waals surface area contributed by atoms with Gasteiger partial charge in [0.15, 0.2) is 0 Å². The monoisotopic (exact) mass is 258 g/mol. The fourth-order valence-electron chi connectivity index (χ4n) is 2.02. The Kier molecular flexibility index (Phi) is 4.02. The molecule has 0 aliphatic carbocycles. The van der Waals surface area contributed by atoms with Gasteiger partial charge in [0.1, 0.15) is 5.75 Å². The van der Waals surface area contributed by atoms with Gasteiger partial charge in [0, 0.05) is 30.1 Å². The second-order valence-electron chi connectivity index (χ2n) is 4.54. The highest BCUT2D eigenvalue weighted by Crippen LogP contribution is 2.29. The van der Waals surface area contributed by atoms with Gasteiger partial charge in [0.05, 0.1) is 13.2 Å². The predicted octanol–water partition coefficient (Wildman–Crippen LogP) is 2.26. The number of nitrogen functional groups attached to an aromatic ring is 1. The summed E-state index contributed by atoms with van der Waals surface area (Å²) in [7, 11) is 1.60. The summed E-state index contributed by atoms with van der Waals surface area (Å²) in [6, 6.07) is 7.47. The van der Waals surface area contributed by atoms with Crippen LogP contribution in [0.4, 0.5) is 5.69 Å². The normalized spacial score (nSPS) is 12.2. The smallest absolute Gasteiger partial charge is 0.124 e. The predicted molar refractivity (Wildman–Crippen MR) is 75.0 cm³/mol. The molecule has 0 aliphatic rings. The van der Waals surface area contributed by atoms with Crippen LogP contribution < -0.4 is 10.5 Å². The molecule has 1 aromatic heterocycles. The number of aromatic nitrogens is 1. The number of nitrogens with zero attached hydrogens (tertiary/aromatic N) is 1. The van der Waals surface area contributed by atoms with Crippen LogP contribution in [0.1, 0.15) is 22.8 Å². The summed E-state index contributed by atoms with van der Waals surface area (Å²) in [6.45, 7) is 1.98. The average Bonchev–Trinajstić information content (AvgIpc) is 2.41. The molecule has 0 radical (unpaired) electrons. The highest BCUT2D eigenvalue weighted by molar-refractivity contribution is 5.46. The van der Waals surface area contributed by atoms with Gasteiger partial charge in [-0.15, -0.1) is 0 Å². The maximum atomic E-state index is 10.3. The van der Waals surface area contributed by atoms with Crippen LogP contribution >= 0.6 is 0 Å². The molecule has 0 spiro atoms. The van der Waals surface area contributed by atoms with Gasteiger partial charge >= 0.3 is 0 Å². The summed E-state index contributed by atoms with van der Waals surface area (Å²) >= 11 is 0. The van der Waals surface area contributed by atoms with Crippen molar-refractivity contribution in [2.45, 2.75) is 19.4 Å². The van der Waals surface area contributed by atoms with Crippen molar-refractivity contribution in [2.75, 3.05) is 12.8 Å². The summed E-state index contributed by atoms with van der Waals surface area (Å²) in [5.41, 5.74) is 9.18. The largest absolute Gasteiger partial charge is 0.496 e. The Morgan fingerprint density at radius 1 is 1.37 bits per heavy atom. The van der Waals surface area contributed by atoms with Gasteiger partial charge < -0.3 is 15.6 Å². The molecule has 1 aromatic carbocycles. The Balaban J connectivity index is 2.25. The number of hydrogen-bond acceptors (Lipinski definition) is 4. The van der Waals surface area contributed by atoms with E-state index in [-0.39, 0.29) is 0 Å². The van der Waals surface area contributed by atoms with Gasteiger partial charge in [0.2, 0.25) is 0 Å². The molecule has 0 saturated heterocycles. The lowest BCUT2D eigenvalue weighted by Gasteiger charge is -2.16. The molecule has 1 heterocycles. The first-order chi connectivity index (χ1) is 9.11. The van der Waals surface area contributed by atoms with E-state index in [1.165, 1.54) is 0 Å². The number of aliphatic hydroxyl groups excluding tert-OH is 1. The standard InChI is InChI=1S/C15H18N2O2/c1-10-3-4-12(15(7-10)19-2)14(18)8-11-9-17-6-5-13(11)16/h3-7,9,14,18H,8H2,1-2H3,(H2,16,17). The van der Waals surface area contributed by atoms with Crippen LogP contribution in [0, 0.1) is 6.92 Å². The minimum absolute atomic E-state index is 0.416. The molecule has 0 bridgehead atoms. The van der Waals surface area contributed by atoms with Crippen LogP contribution in [-0.2, 0) is 6.42 Å². The number of rotatable bonds is 4. The highest BCUT2D eigenvalue weighted by Gasteiger charge is 2.15. The number of hydrogen-bond donors (Lipinski definition) is 2. The summed E-state index contributed by atoms with van der Waals surface area (Å²) < 4.78 is 5.31. The number of nitrogens with two attached hydrogens (primary N) is 1. The van der Waals surface area contributed by atoms with E-state index in [2.05, 4.69) is 4.98 Å². The fourth-order valence-corrected chi connectivity index (χ4v) is 2.02. The molecule has 2 aromatic rings. The van der Waals surface area contributed by atoms with E-state index in [0.717, 1.165) is 16.7 Å². The molecule has 100 valence electrons. The first-order valence-corrected chi connectivity index (χ1v) is 6.12. The second kappa shape index (κ2) is 5.71. The minimum Gasteiger partial charge on any atom is -0.496 e. The van der Waals surface area contributed by atoms with E-state index < -0.39 is 6.10 Å². The number of benzene rings is 1. The van der Waals surface area contributed by atoms with E-state index in [0.29, 0.717) is 17.9 Å². The Bertz CT molecular complexity index is 570. The topological polar surface area (TPSA) is 68.4 Å². The number of anilines is 1. The number of aliphatic hydroxyl groups is 1. The van der Waals surface area contributed by atoms with Crippen LogP contribution in [0.3, 0.4) is 0 Å². The van der Waals surface area contributed by atoms with E-state index in [1.807, 2.05) is 25.1 Å². The van der Waals surface area contributed by atoms with Crippen molar-refractivity contribution in [2.24, 2.45) is 0 Å².